The molecule has 0 aliphatic rings. The van der Waals surface area contributed by atoms with Crippen LogP contribution in [-0.4, -0.2) is 22.2 Å². The van der Waals surface area contributed by atoms with E-state index in [4.69, 9.17) is 20.7 Å². The molecular weight excluding hydrogens is 330 g/mol. The van der Waals surface area contributed by atoms with Gasteiger partial charge in [-0.25, -0.2) is 9.97 Å². The Kier molecular flexibility index (Phi) is 3.69. The lowest BCUT2D eigenvalue weighted by Gasteiger charge is -2.13. The van der Waals surface area contributed by atoms with Crippen LogP contribution in [0.3, 0.4) is 0 Å². The van der Waals surface area contributed by atoms with Gasteiger partial charge in [0.15, 0.2) is 17.2 Å². The van der Waals surface area contributed by atoms with Crippen LogP contribution < -0.4 is 16.2 Å². The standard InChI is InChI=1S/C19H17N5O2/c1-10-3-5-11(6-4-10)16-18(25-2)17(23-9-22-16)13-7-12(20)8-14-15(13)19(21)24-26-14/h3-9H,20H2,1-2H3,(H2,21,24). The summed E-state index contributed by atoms with van der Waals surface area (Å²) in [5.41, 5.74) is 17.1. The normalized spacial score (nSPS) is 11.0. The molecule has 0 amide bonds. The Morgan fingerprint density at radius 1 is 1.00 bits per heavy atom. The van der Waals surface area contributed by atoms with E-state index < -0.39 is 0 Å². The first kappa shape index (κ1) is 15.9. The van der Waals surface area contributed by atoms with Gasteiger partial charge in [-0.3, -0.25) is 0 Å². The molecule has 0 aliphatic heterocycles. The van der Waals surface area contributed by atoms with Gasteiger partial charge in [0.05, 0.1) is 12.5 Å². The molecule has 0 unspecified atom stereocenters. The van der Waals surface area contributed by atoms with Crippen LogP contribution in [0.2, 0.25) is 0 Å². The fourth-order valence-electron chi connectivity index (χ4n) is 2.98. The summed E-state index contributed by atoms with van der Waals surface area (Å²) in [6.45, 7) is 2.03. The van der Waals surface area contributed by atoms with Crippen LogP contribution >= 0.6 is 0 Å². The molecule has 0 bridgehead atoms. The molecule has 0 saturated carbocycles. The fraction of sp³-hybridized carbons (Fsp3) is 0.105. The number of hydrogen-bond acceptors (Lipinski definition) is 7. The minimum absolute atomic E-state index is 0.271. The maximum atomic E-state index is 6.02. The summed E-state index contributed by atoms with van der Waals surface area (Å²) >= 11 is 0. The van der Waals surface area contributed by atoms with E-state index in [9.17, 15) is 0 Å². The van der Waals surface area contributed by atoms with E-state index >= 15 is 0 Å². The number of nitrogens with zero attached hydrogens (tertiary/aromatic N) is 3. The maximum Gasteiger partial charge on any atom is 0.175 e. The number of ether oxygens (including phenoxy) is 1. The van der Waals surface area contributed by atoms with Crippen LogP contribution in [0, 0.1) is 6.92 Å². The summed E-state index contributed by atoms with van der Waals surface area (Å²) in [7, 11) is 1.58. The Morgan fingerprint density at radius 3 is 2.46 bits per heavy atom. The van der Waals surface area contributed by atoms with Crippen molar-refractivity contribution < 1.29 is 9.26 Å². The number of methoxy groups -OCH3 is 1. The highest BCUT2D eigenvalue weighted by Crippen LogP contribution is 2.41. The summed E-state index contributed by atoms with van der Waals surface area (Å²) in [4.78, 5) is 8.83. The van der Waals surface area contributed by atoms with E-state index in [0.29, 0.717) is 39.4 Å². The van der Waals surface area contributed by atoms with Crippen LogP contribution in [0.25, 0.3) is 33.5 Å². The van der Waals surface area contributed by atoms with E-state index in [1.165, 1.54) is 6.33 Å². The molecule has 2 aromatic carbocycles. The van der Waals surface area contributed by atoms with Gasteiger partial charge in [0.1, 0.15) is 17.7 Å². The third-order valence-corrected chi connectivity index (χ3v) is 4.21. The third kappa shape index (κ3) is 2.50. The van der Waals surface area contributed by atoms with Crippen molar-refractivity contribution in [3.05, 3.63) is 48.3 Å². The van der Waals surface area contributed by atoms with Crippen molar-refractivity contribution >= 4 is 22.5 Å². The molecule has 130 valence electrons. The molecule has 0 fully saturated rings. The van der Waals surface area contributed by atoms with Crippen LogP contribution in [0.1, 0.15) is 5.56 Å². The smallest absolute Gasteiger partial charge is 0.175 e. The number of benzene rings is 2. The summed E-state index contributed by atoms with van der Waals surface area (Å²) in [5, 5.41) is 4.48. The fourth-order valence-corrected chi connectivity index (χ4v) is 2.98. The minimum atomic E-state index is 0.271. The number of hydrogen-bond donors (Lipinski definition) is 2. The van der Waals surface area contributed by atoms with Gasteiger partial charge in [-0.2, -0.15) is 0 Å². The van der Waals surface area contributed by atoms with Crippen LogP contribution in [0.4, 0.5) is 11.5 Å². The number of aromatic nitrogens is 3. The molecule has 4 aromatic rings. The van der Waals surface area contributed by atoms with Crippen molar-refractivity contribution in [2.45, 2.75) is 6.92 Å². The van der Waals surface area contributed by atoms with Crippen molar-refractivity contribution in [1.29, 1.82) is 0 Å². The molecule has 4 N–H and O–H groups in total. The van der Waals surface area contributed by atoms with Gasteiger partial charge in [0.25, 0.3) is 0 Å². The molecule has 0 radical (unpaired) electrons. The first-order chi connectivity index (χ1) is 12.6. The van der Waals surface area contributed by atoms with Crippen molar-refractivity contribution in [3.63, 3.8) is 0 Å². The summed E-state index contributed by atoms with van der Waals surface area (Å²) in [5.74, 6) is 0.802. The molecule has 0 spiro atoms. The first-order valence-electron chi connectivity index (χ1n) is 7.99. The van der Waals surface area contributed by atoms with Gasteiger partial charge >= 0.3 is 0 Å². The number of rotatable bonds is 3. The summed E-state index contributed by atoms with van der Waals surface area (Å²) < 4.78 is 10.9. The van der Waals surface area contributed by atoms with E-state index in [2.05, 4.69) is 15.1 Å². The number of fused-ring (bicyclic) bond motifs is 1. The molecule has 0 atom stereocenters. The third-order valence-electron chi connectivity index (χ3n) is 4.21. The molecule has 7 heteroatoms. The average molecular weight is 347 g/mol. The summed E-state index contributed by atoms with van der Waals surface area (Å²) in [6.07, 6.45) is 1.49. The van der Waals surface area contributed by atoms with Crippen molar-refractivity contribution in [3.8, 4) is 28.3 Å². The van der Waals surface area contributed by atoms with Crippen molar-refractivity contribution in [1.82, 2.24) is 15.1 Å². The molecule has 4 rings (SSSR count). The summed E-state index contributed by atoms with van der Waals surface area (Å²) in [6, 6.07) is 11.5. The van der Waals surface area contributed by atoms with Crippen molar-refractivity contribution in [2.24, 2.45) is 0 Å². The zero-order valence-corrected chi connectivity index (χ0v) is 14.4. The van der Waals surface area contributed by atoms with Gasteiger partial charge < -0.3 is 20.7 Å². The Labute approximate surface area is 149 Å². The lowest BCUT2D eigenvalue weighted by atomic mass is 10.0. The largest absolute Gasteiger partial charge is 0.492 e. The van der Waals surface area contributed by atoms with Crippen LogP contribution in [0.15, 0.2) is 47.2 Å². The van der Waals surface area contributed by atoms with Gasteiger partial charge in [0, 0.05) is 22.9 Å². The first-order valence-corrected chi connectivity index (χ1v) is 7.99. The second-order valence-corrected chi connectivity index (χ2v) is 5.98. The molecule has 2 aromatic heterocycles. The topological polar surface area (TPSA) is 113 Å². The van der Waals surface area contributed by atoms with Crippen molar-refractivity contribution in [2.75, 3.05) is 18.6 Å². The van der Waals surface area contributed by atoms with Crippen LogP contribution in [0.5, 0.6) is 5.75 Å². The molecule has 0 aliphatic carbocycles. The second kappa shape index (κ2) is 6.03. The number of nitrogen functional groups attached to an aromatic ring is 2. The highest BCUT2D eigenvalue weighted by Gasteiger charge is 2.21. The highest BCUT2D eigenvalue weighted by atomic mass is 16.5. The Hall–Kier alpha value is -3.61. The van der Waals surface area contributed by atoms with E-state index in [1.807, 2.05) is 31.2 Å². The Morgan fingerprint density at radius 2 is 1.73 bits per heavy atom. The highest BCUT2D eigenvalue weighted by molar-refractivity contribution is 6.03. The predicted molar refractivity (Wildman–Crippen MR) is 101 cm³/mol. The molecule has 2 heterocycles. The predicted octanol–water partition coefficient (Wildman–Crippen LogP) is 3.43. The van der Waals surface area contributed by atoms with Gasteiger partial charge in [-0.15, -0.1) is 0 Å². The van der Waals surface area contributed by atoms with E-state index in [-0.39, 0.29) is 5.82 Å². The SMILES string of the molecule is COc1c(-c2ccc(C)cc2)ncnc1-c1cc(N)cc2onc(N)c12. The zero-order chi connectivity index (χ0) is 18.3. The van der Waals surface area contributed by atoms with E-state index in [1.54, 1.807) is 19.2 Å². The lowest BCUT2D eigenvalue weighted by Crippen LogP contribution is -1.99. The quantitative estimate of drug-likeness (QED) is 0.546. The van der Waals surface area contributed by atoms with Crippen LogP contribution in [-0.2, 0) is 0 Å². The molecule has 26 heavy (non-hydrogen) atoms. The Bertz CT molecular complexity index is 1100. The second-order valence-electron chi connectivity index (χ2n) is 5.98. The van der Waals surface area contributed by atoms with Gasteiger partial charge in [-0.1, -0.05) is 35.0 Å². The number of aryl methyl sites for hydroxylation is 1. The van der Waals surface area contributed by atoms with E-state index in [0.717, 1.165) is 11.1 Å². The average Bonchev–Trinajstić information content (AvgIpc) is 3.01. The van der Waals surface area contributed by atoms with Gasteiger partial charge in [-0.05, 0) is 13.0 Å². The monoisotopic (exact) mass is 347 g/mol. The molecule has 7 nitrogen and oxygen atoms in total. The molecule has 0 saturated heterocycles. The lowest BCUT2D eigenvalue weighted by molar-refractivity contribution is 0.414. The zero-order valence-electron chi connectivity index (χ0n) is 14.4. The Balaban J connectivity index is 2.00. The number of anilines is 2. The minimum Gasteiger partial charge on any atom is -0.492 e. The maximum absolute atomic E-state index is 6.02. The number of nitrogens with two attached hydrogens (primary N) is 2. The van der Waals surface area contributed by atoms with Gasteiger partial charge in [0.2, 0.25) is 0 Å². The molecular formula is C19H17N5O2.